The van der Waals surface area contributed by atoms with E-state index in [-0.39, 0.29) is 6.09 Å². The number of unbranched alkanes of at least 4 members (excludes halogenated alkanes) is 1. The lowest BCUT2D eigenvalue weighted by atomic mass is 10.1. The molecule has 286 valence electrons. The number of fused-ring (bicyclic) bond motifs is 1. The van der Waals surface area contributed by atoms with Crippen molar-refractivity contribution in [3.8, 4) is 11.5 Å². The maximum Gasteiger partial charge on any atom is 0.410 e. The molecule has 1 amide bonds. The van der Waals surface area contributed by atoms with Gasteiger partial charge in [-0.3, -0.25) is 0 Å². The third-order valence-electron chi connectivity index (χ3n) is 9.43. The molecule has 13 nitrogen and oxygen atoms in total. The maximum absolute atomic E-state index is 12.6. The molecule has 3 aromatic heterocycles. The molecule has 0 saturated carbocycles. The van der Waals surface area contributed by atoms with Gasteiger partial charge in [0.25, 0.3) is 0 Å². The second-order valence-corrected chi connectivity index (χ2v) is 14.7. The van der Waals surface area contributed by atoms with Crippen LogP contribution in [0.25, 0.3) is 5.65 Å². The van der Waals surface area contributed by atoms with Crippen LogP contribution in [0, 0.1) is 6.92 Å². The molecular formula is C41H52N8O5. The van der Waals surface area contributed by atoms with Gasteiger partial charge in [0.2, 0.25) is 0 Å². The van der Waals surface area contributed by atoms with E-state index in [1.54, 1.807) is 36.0 Å². The fourth-order valence-electron chi connectivity index (χ4n) is 6.54. The molecule has 1 atom stereocenters. The smallest absolute Gasteiger partial charge is 0.410 e. The van der Waals surface area contributed by atoms with Gasteiger partial charge in [0.15, 0.2) is 17.3 Å². The standard InChI is InChI=1S/C41H52N8O5/c1-8-9-10-35-44-39(48(26-29-11-15-32(52-6)16-12-29)27-30-13-17-33(53-7)18-14-30)38-43-25-34(49(38)45-35)36(50)31-23-28(2)37(42-24-31)46-19-21-47(22-20-46)40(51)54-41(3,4)5/h11-18,23-25,36,50H,8-10,19-22,26-27H2,1-7H3. The molecule has 1 saturated heterocycles. The number of pyridine rings is 1. The number of piperazine rings is 1. The highest BCUT2D eigenvalue weighted by Crippen LogP contribution is 2.30. The van der Waals surface area contributed by atoms with Crippen molar-refractivity contribution < 1.29 is 24.1 Å². The van der Waals surface area contributed by atoms with Gasteiger partial charge < -0.3 is 34.0 Å². The fourth-order valence-corrected chi connectivity index (χ4v) is 6.54. The third kappa shape index (κ3) is 9.02. The summed E-state index contributed by atoms with van der Waals surface area (Å²) in [6, 6.07) is 18.0. The molecule has 1 N–H and O–H groups in total. The first-order valence-corrected chi connectivity index (χ1v) is 18.6. The van der Waals surface area contributed by atoms with Gasteiger partial charge in [-0.15, -0.1) is 0 Å². The van der Waals surface area contributed by atoms with E-state index in [9.17, 15) is 9.90 Å². The van der Waals surface area contributed by atoms with E-state index in [0.717, 1.165) is 46.8 Å². The zero-order valence-corrected chi connectivity index (χ0v) is 32.5. The highest BCUT2D eigenvalue weighted by atomic mass is 16.6. The van der Waals surface area contributed by atoms with Crippen LogP contribution in [0.2, 0.25) is 0 Å². The Kier molecular flexibility index (Phi) is 11.9. The minimum Gasteiger partial charge on any atom is -0.497 e. The van der Waals surface area contributed by atoms with Gasteiger partial charge in [-0.05, 0) is 81.1 Å². The van der Waals surface area contributed by atoms with Crippen LogP contribution in [0.4, 0.5) is 16.4 Å². The van der Waals surface area contributed by atoms with E-state index < -0.39 is 11.7 Å². The van der Waals surface area contributed by atoms with Crippen molar-refractivity contribution in [1.29, 1.82) is 0 Å². The quantitative estimate of drug-likeness (QED) is 0.142. The Balaban J connectivity index is 1.30. The summed E-state index contributed by atoms with van der Waals surface area (Å²) in [7, 11) is 3.32. The maximum atomic E-state index is 12.6. The molecule has 4 heterocycles. The molecule has 1 unspecified atom stereocenters. The number of nitrogens with zero attached hydrogens (tertiary/aromatic N) is 8. The number of aromatic nitrogens is 5. The van der Waals surface area contributed by atoms with E-state index in [0.29, 0.717) is 74.2 Å². The normalized spacial score (nSPS) is 13.9. The van der Waals surface area contributed by atoms with Gasteiger partial charge in [-0.25, -0.2) is 24.3 Å². The lowest BCUT2D eigenvalue weighted by Gasteiger charge is -2.36. The average Bonchev–Trinajstić information content (AvgIpc) is 3.60. The molecule has 54 heavy (non-hydrogen) atoms. The summed E-state index contributed by atoms with van der Waals surface area (Å²) in [6.45, 7) is 13.2. The van der Waals surface area contributed by atoms with Gasteiger partial charge in [0, 0.05) is 57.4 Å². The van der Waals surface area contributed by atoms with Crippen LogP contribution in [-0.2, 0) is 24.2 Å². The van der Waals surface area contributed by atoms with E-state index in [1.807, 2.05) is 58.0 Å². The second-order valence-electron chi connectivity index (χ2n) is 14.7. The monoisotopic (exact) mass is 736 g/mol. The Hall–Kier alpha value is -5.43. The predicted octanol–water partition coefficient (Wildman–Crippen LogP) is 6.53. The third-order valence-corrected chi connectivity index (χ3v) is 9.43. The van der Waals surface area contributed by atoms with Crippen molar-refractivity contribution in [2.75, 3.05) is 50.2 Å². The van der Waals surface area contributed by atoms with Crippen molar-refractivity contribution in [2.45, 2.75) is 78.7 Å². The number of rotatable bonds is 13. The Morgan fingerprint density at radius 3 is 2.06 bits per heavy atom. The Labute approximate surface area is 317 Å². The number of benzene rings is 2. The first-order valence-electron chi connectivity index (χ1n) is 18.6. The number of ether oxygens (including phenoxy) is 3. The van der Waals surface area contributed by atoms with Crippen molar-refractivity contribution in [1.82, 2.24) is 29.5 Å². The number of anilines is 2. The van der Waals surface area contributed by atoms with E-state index in [1.165, 1.54) is 0 Å². The van der Waals surface area contributed by atoms with Gasteiger partial charge in [0.05, 0.1) is 26.1 Å². The molecule has 1 aliphatic rings. The molecule has 6 rings (SSSR count). The number of aliphatic hydroxyl groups excluding tert-OH is 1. The Morgan fingerprint density at radius 2 is 1.52 bits per heavy atom. The van der Waals surface area contributed by atoms with Gasteiger partial charge in [-0.1, -0.05) is 37.6 Å². The van der Waals surface area contributed by atoms with Crippen molar-refractivity contribution in [3.63, 3.8) is 0 Å². The number of carbonyl (C=O) groups is 1. The molecule has 0 radical (unpaired) electrons. The summed E-state index contributed by atoms with van der Waals surface area (Å²) in [5.74, 6) is 3.76. The van der Waals surface area contributed by atoms with Crippen LogP contribution in [0.15, 0.2) is 67.0 Å². The number of amides is 1. The summed E-state index contributed by atoms with van der Waals surface area (Å²) < 4.78 is 18.1. The number of aryl methyl sites for hydroxylation is 2. The molecule has 5 aromatic rings. The number of hydrogen-bond acceptors (Lipinski definition) is 11. The number of aliphatic hydroxyl groups is 1. The number of imidazole rings is 1. The second kappa shape index (κ2) is 16.7. The van der Waals surface area contributed by atoms with E-state index >= 15 is 0 Å². The van der Waals surface area contributed by atoms with Crippen LogP contribution < -0.4 is 19.3 Å². The highest BCUT2D eigenvalue weighted by molar-refractivity contribution is 5.69. The summed E-state index contributed by atoms with van der Waals surface area (Å²) in [5.41, 5.74) is 4.26. The topological polar surface area (TPSA) is 131 Å². The van der Waals surface area contributed by atoms with Gasteiger partial charge in [-0.2, -0.15) is 5.10 Å². The number of carbonyl (C=O) groups excluding carboxylic acids is 1. The molecule has 13 heteroatoms. The Morgan fingerprint density at radius 1 is 0.907 bits per heavy atom. The number of hydrogen-bond donors (Lipinski definition) is 1. The van der Waals surface area contributed by atoms with E-state index in [4.69, 9.17) is 34.3 Å². The van der Waals surface area contributed by atoms with Crippen LogP contribution >= 0.6 is 0 Å². The summed E-state index contributed by atoms with van der Waals surface area (Å²) in [4.78, 5) is 33.4. The molecule has 0 aliphatic carbocycles. The van der Waals surface area contributed by atoms with Crippen LogP contribution in [0.1, 0.15) is 80.4 Å². The average molecular weight is 737 g/mol. The van der Waals surface area contributed by atoms with Crippen LogP contribution in [0.5, 0.6) is 11.5 Å². The summed E-state index contributed by atoms with van der Waals surface area (Å²) in [6.07, 6.45) is 4.65. The van der Waals surface area contributed by atoms with Crippen molar-refractivity contribution in [2.24, 2.45) is 0 Å². The van der Waals surface area contributed by atoms with Crippen molar-refractivity contribution in [3.05, 3.63) is 101 Å². The first kappa shape index (κ1) is 38.3. The molecule has 1 aliphatic heterocycles. The predicted molar refractivity (Wildman–Crippen MR) is 208 cm³/mol. The van der Waals surface area contributed by atoms with Crippen LogP contribution in [-0.4, -0.2) is 86.7 Å². The summed E-state index contributed by atoms with van der Waals surface area (Å²) in [5, 5.41) is 16.8. The largest absolute Gasteiger partial charge is 0.497 e. The van der Waals surface area contributed by atoms with Gasteiger partial charge >= 0.3 is 6.09 Å². The number of methoxy groups -OCH3 is 2. The van der Waals surface area contributed by atoms with Gasteiger partial charge in [0.1, 0.15) is 29.0 Å². The first-order chi connectivity index (χ1) is 26.0. The minimum atomic E-state index is -1.04. The summed E-state index contributed by atoms with van der Waals surface area (Å²) >= 11 is 0. The minimum absolute atomic E-state index is 0.298. The van der Waals surface area contributed by atoms with E-state index in [2.05, 4.69) is 41.0 Å². The molecule has 2 aromatic carbocycles. The molecular weight excluding hydrogens is 685 g/mol. The zero-order chi connectivity index (χ0) is 38.4. The SMILES string of the molecule is CCCCc1nc(N(Cc2ccc(OC)cc2)Cc2ccc(OC)cc2)c2ncc(C(O)c3cnc(N4CCN(C(=O)OC(C)(C)C)CC4)c(C)c3)n2n1. The molecule has 0 spiro atoms. The zero-order valence-electron chi connectivity index (χ0n) is 32.5. The highest BCUT2D eigenvalue weighted by Gasteiger charge is 2.28. The Bertz CT molecular complexity index is 1970. The lowest BCUT2D eigenvalue weighted by molar-refractivity contribution is 0.0240. The van der Waals surface area contributed by atoms with Crippen molar-refractivity contribution >= 4 is 23.4 Å². The lowest BCUT2D eigenvalue weighted by Crippen LogP contribution is -2.50. The fraction of sp³-hybridized carbons (Fsp3) is 0.439. The molecule has 0 bridgehead atoms. The molecule has 1 fully saturated rings. The van der Waals surface area contributed by atoms with Crippen LogP contribution in [0.3, 0.4) is 0 Å².